The lowest BCUT2D eigenvalue weighted by Gasteiger charge is -2.08. The van der Waals surface area contributed by atoms with Gasteiger partial charge in [-0.2, -0.15) is 0 Å². The molecule has 0 aliphatic heterocycles. The molecule has 0 atom stereocenters. The Hall–Kier alpha value is -4.52. The maximum atomic E-state index is 13.0. The van der Waals surface area contributed by atoms with Crippen molar-refractivity contribution in [1.82, 2.24) is 18.7 Å². The molecule has 0 unspecified atom stereocenters. The van der Waals surface area contributed by atoms with Crippen LogP contribution in [0.25, 0.3) is 11.4 Å². The largest absolute Gasteiger partial charge is 0.492 e. The second-order valence-corrected chi connectivity index (χ2v) is 7.37. The Morgan fingerprint density at radius 1 is 0.697 bits per heavy atom. The third kappa shape index (κ3) is 4.72. The first-order chi connectivity index (χ1) is 16.3. The summed E-state index contributed by atoms with van der Waals surface area (Å²) in [6.45, 7) is 1.26. The molecule has 33 heavy (non-hydrogen) atoms. The summed E-state index contributed by atoms with van der Waals surface area (Å²) in [4.78, 5) is 17.0. The van der Waals surface area contributed by atoms with E-state index in [2.05, 4.69) is 4.98 Å². The van der Waals surface area contributed by atoms with Crippen LogP contribution in [0, 0.1) is 0 Å². The van der Waals surface area contributed by atoms with Gasteiger partial charge in [0.05, 0.1) is 24.2 Å². The first-order valence-electron chi connectivity index (χ1n) is 10.6. The summed E-state index contributed by atoms with van der Waals surface area (Å²) in [7, 11) is 0. The Morgan fingerprint density at radius 3 is 1.91 bits per heavy atom. The van der Waals surface area contributed by atoms with E-state index in [-0.39, 0.29) is 5.69 Å². The highest BCUT2D eigenvalue weighted by Gasteiger charge is 2.08. The lowest BCUT2D eigenvalue weighted by molar-refractivity contribution is 0.298. The molecule has 2 heterocycles. The summed E-state index contributed by atoms with van der Waals surface area (Å²) in [5.41, 5.74) is 1.38. The van der Waals surface area contributed by atoms with Gasteiger partial charge in [0.15, 0.2) is 0 Å². The van der Waals surface area contributed by atoms with E-state index < -0.39 is 0 Å². The number of nitrogens with zero attached hydrogens (tertiary/aromatic N) is 4. The van der Waals surface area contributed by atoms with Gasteiger partial charge in [-0.25, -0.2) is 9.78 Å². The average molecular weight is 438 g/mol. The molecule has 0 aliphatic rings. The average Bonchev–Trinajstić information content (AvgIpc) is 3.51. The van der Waals surface area contributed by atoms with Crippen LogP contribution in [0.3, 0.4) is 0 Å². The second-order valence-electron chi connectivity index (χ2n) is 7.37. The minimum Gasteiger partial charge on any atom is -0.492 e. The summed E-state index contributed by atoms with van der Waals surface area (Å²) < 4.78 is 16.8. The third-order valence-electron chi connectivity index (χ3n) is 5.16. The van der Waals surface area contributed by atoms with Crippen molar-refractivity contribution in [2.75, 3.05) is 6.61 Å². The van der Waals surface area contributed by atoms with Gasteiger partial charge in [-0.3, -0.25) is 9.13 Å². The quantitative estimate of drug-likeness (QED) is 0.352. The smallest absolute Gasteiger partial charge is 0.337 e. The fraction of sp³-hybridized carbons (Fsp3) is 0.0769. The normalized spacial score (nSPS) is 10.8. The molecule has 0 aliphatic carbocycles. The Labute approximate surface area is 190 Å². The lowest BCUT2D eigenvalue weighted by Crippen LogP contribution is -2.21. The number of rotatable bonds is 8. The molecule has 0 N–H and O–H groups in total. The van der Waals surface area contributed by atoms with E-state index in [1.165, 1.54) is 0 Å². The molecule has 0 radical (unpaired) electrons. The van der Waals surface area contributed by atoms with Crippen LogP contribution < -0.4 is 15.2 Å². The zero-order chi connectivity index (χ0) is 22.5. The van der Waals surface area contributed by atoms with Gasteiger partial charge >= 0.3 is 5.69 Å². The summed E-state index contributed by atoms with van der Waals surface area (Å²) in [5.74, 6) is 2.23. The van der Waals surface area contributed by atoms with E-state index in [9.17, 15) is 4.79 Å². The zero-order valence-electron chi connectivity index (χ0n) is 17.8. The molecule has 164 valence electrons. The van der Waals surface area contributed by atoms with Gasteiger partial charge in [-0.15, -0.1) is 0 Å². The highest BCUT2D eigenvalue weighted by Crippen LogP contribution is 2.22. The molecule has 7 nitrogen and oxygen atoms in total. The first kappa shape index (κ1) is 20.4. The molecule has 5 rings (SSSR count). The van der Waals surface area contributed by atoms with Crippen molar-refractivity contribution in [3.63, 3.8) is 0 Å². The predicted octanol–water partition coefficient (Wildman–Crippen LogP) is 4.70. The van der Waals surface area contributed by atoms with Crippen LogP contribution in [0.2, 0.25) is 0 Å². The van der Waals surface area contributed by atoms with E-state index in [1.807, 2.05) is 89.6 Å². The molecule has 3 aromatic carbocycles. The third-order valence-corrected chi connectivity index (χ3v) is 5.16. The van der Waals surface area contributed by atoms with Crippen LogP contribution in [0.5, 0.6) is 17.2 Å². The monoisotopic (exact) mass is 438 g/mol. The van der Waals surface area contributed by atoms with Crippen molar-refractivity contribution in [3.8, 4) is 28.6 Å². The molecule has 0 saturated carbocycles. The summed E-state index contributed by atoms with van der Waals surface area (Å²) in [6.07, 6.45) is 8.91. The van der Waals surface area contributed by atoms with Gasteiger partial charge < -0.3 is 14.0 Å². The number of aromatic nitrogens is 4. The molecule has 5 aromatic rings. The lowest BCUT2D eigenvalue weighted by atomic mass is 10.3. The highest BCUT2D eigenvalue weighted by molar-refractivity contribution is 5.41. The van der Waals surface area contributed by atoms with E-state index >= 15 is 0 Å². The van der Waals surface area contributed by atoms with Crippen molar-refractivity contribution in [2.24, 2.45) is 0 Å². The Kier molecular flexibility index (Phi) is 5.75. The maximum Gasteiger partial charge on any atom is 0.337 e. The summed E-state index contributed by atoms with van der Waals surface area (Å²) in [6, 6.07) is 24.5. The van der Waals surface area contributed by atoms with Crippen molar-refractivity contribution in [2.45, 2.75) is 6.54 Å². The van der Waals surface area contributed by atoms with Gasteiger partial charge in [-0.1, -0.05) is 18.2 Å². The van der Waals surface area contributed by atoms with Crippen LogP contribution in [0.4, 0.5) is 0 Å². The fourth-order valence-corrected chi connectivity index (χ4v) is 3.46. The Balaban J connectivity index is 1.26. The topological polar surface area (TPSA) is 63.2 Å². The first-order valence-corrected chi connectivity index (χ1v) is 10.6. The zero-order valence-corrected chi connectivity index (χ0v) is 17.8. The second kappa shape index (κ2) is 9.32. The molecule has 0 amide bonds. The molecule has 0 bridgehead atoms. The molecule has 2 aromatic heterocycles. The fourth-order valence-electron chi connectivity index (χ4n) is 3.46. The molecular weight excluding hydrogens is 416 g/mol. The van der Waals surface area contributed by atoms with Crippen LogP contribution in [-0.2, 0) is 6.54 Å². The maximum absolute atomic E-state index is 13.0. The Bertz CT molecular complexity index is 1350. The highest BCUT2D eigenvalue weighted by atomic mass is 16.5. The van der Waals surface area contributed by atoms with Crippen molar-refractivity contribution >= 4 is 0 Å². The SMILES string of the molecule is O=c1n(-c2ccc(OCCn3ccnc3)cc2)ccn1-c1ccc(Oc2ccccc2)cc1. The van der Waals surface area contributed by atoms with Crippen LogP contribution >= 0.6 is 0 Å². The molecule has 7 heteroatoms. The van der Waals surface area contributed by atoms with E-state index in [1.54, 1.807) is 34.1 Å². The van der Waals surface area contributed by atoms with Crippen molar-refractivity contribution < 1.29 is 9.47 Å². The van der Waals surface area contributed by atoms with Gasteiger partial charge in [-0.05, 0) is 60.7 Å². The standard InChI is InChI=1S/C26H22N4O3/c31-26-29(21-6-10-23(11-7-21)32-19-18-28-15-14-27-20-28)16-17-30(26)22-8-12-25(13-9-22)33-24-4-2-1-3-5-24/h1-17,20H,18-19H2. The van der Waals surface area contributed by atoms with E-state index in [0.717, 1.165) is 29.4 Å². The number of hydrogen-bond donors (Lipinski definition) is 0. The minimum atomic E-state index is -0.152. The number of benzene rings is 3. The van der Waals surface area contributed by atoms with Crippen molar-refractivity contribution in [1.29, 1.82) is 0 Å². The number of imidazole rings is 2. The summed E-state index contributed by atoms with van der Waals surface area (Å²) >= 11 is 0. The number of para-hydroxylation sites is 1. The number of hydrogen-bond acceptors (Lipinski definition) is 4. The number of ether oxygens (including phenoxy) is 2. The van der Waals surface area contributed by atoms with Crippen LogP contribution in [-0.4, -0.2) is 25.3 Å². The molecular formula is C26H22N4O3. The predicted molar refractivity (Wildman–Crippen MR) is 126 cm³/mol. The molecule has 0 fully saturated rings. The molecule has 0 spiro atoms. The van der Waals surface area contributed by atoms with Crippen LogP contribution in [0.15, 0.2) is 115 Å². The van der Waals surface area contributed by atoms with Crippen molar-refractivity contribution in [3.05, 3.63) is 120 Å². The summed E-state index contributed by atoms with van der Waals surface area (Å²) in [5, 5.41) is 0. The molecule has 0 saturated heterocycles. The van der Waals surface area contributed by atoms with E-state index in [0.29, 0.717) is 12.4 Å². The van der Waals surface area contributed by atoms with Gasteiger partial charge in [0, 0.05) is 24.8 Å². The van der Waals surface area contributed by atoms with Gasteiger partial charge in [0.1, 0.15) is 23.9 Å². The Morgan fingerprint density at radius 2 is 1.30 bits per heavy atom. The van der Waals surface area contributed by atoms with E-state index in [4.69, 9.17) is 9.47 Å². The van der Waals surface area contributed by atoms with Gasteiger partial charge in [0.25, 0.3) is 0 Å². The van der Waals surface area contributed by atoms with Gasteiger partial charge in [0.2, 0.25) is 0 Å². The van der Waals surface area contributed by atoms with Crippen LogP contribution in [0.1, 0.15) is 0 Å². The minimum absolute atomic E-state index is 0.152.